The fourth-order valence-electron chi connectivity index (χ4n) is 3.47. The summed E-state index contributed by atoms with van der Waals surface area (Å²) in [5, 5.41) is 21.8. The summed E-state index contributed by atoms with van der Waals surface area (Å²) in [7, 11) is 0. The van der Waals surface area contributed by atoms with Crippen LogP contribution in [0.15, 0.2) is 41.7 Å². The molecular weight excluding hydrogens is 414 g/mol. The number of thiophene rings is 1. The van der Waals surface area contributed by atoms with Crippen LogP contribution in [0.4, 0.5) is 5.00 Å². The van der Waals surface area contributed by atoms with Crippen molar-refractivity contribution >= 4 is 34.0 Å². The average Bonchev–Trinajstić information content (AvgIpc) is 3.15. The maximum atomic E-state index is 12.9. The van der Waals surface area contributed by atoms with Crippen molar-refractivity contribution in [3.05, 3.63) is 52.5 Å². The Morgan fingerprint density at radius 3 is 2.77 bits per heavy atom. The van der Waals surface area contributed by atoms with Crippen molar-refractivity contribution in [3.8, 4) is 17.3 Å². The molecule has 1 atom stereocenters. The maximum absolute atomic E-state index is 12.9. The Hall–Kier alpha value is -2.76. The third kappa shape index (κ3) is 4.37. The number of nitrogens with zero attached hydrogens (tertiary/aromatic N) is 4. The van der Waals surface area contributed by atoms with Gasteiger partial charge in [-0.15, -0.1) is 21.5 Å². The highest BCUT2D eigenvalue weighted by Gasteiger charge is 2.25. The Kier molecular flexibility index (Phi) is 6.41. The highest BCUT2D eigenvalue weighted by atomic mass is 32.2. The number of carbonyl (C=O) groups excluding carboxylic acids is 1. The van der Waals surface area contributed by atoms with Crippen LogP contribution in [0, 0.1) is 11.3 Å². The summed E-state index contributed by atoms with van der Waals surface area (Å²) in [6.45, 7) is 1.95. The molecule has 1 aromatic carbocycles. The highest BCUT2D eigenvalue weighted by molar-refractivity contribution is 8.00. The Bertz CT molecular complexity index is 1070. The van der Waals surface area contributed by atoms with Gasteiger partial charge < -0.3 is 5.32 Å². The summed E-state index contributed by atoms with van der Waals surface area (Å²) in [6, 6.07) is 12.0. The van der Waals surface area contributed by atoms with E-state index in [4.69, 9.17) is 0 Å². The number of nitriles is 1. The molecule has 2 aromatic heterocycles. The maximum Gasteiger partial charge on any atom is 0.238 e. The molecule has 1 aliphatic rings. The van der Waals surface area contributed by atoms with Crippen LogP contribution in [0.25, 0.3) is 11.3 Å². The lowest BCUT2D eigenvalue weighted by Crippen LogP contribution is -2.24. The standard InChI is InChI=1S/C22H21N5OS2/c1-2-18(30-22-24-13-17(26-27-22)14-8-4-3-5-9-14)20(28)25-21-16(12-23)15-10-6-7-11-19(15)29-21/h3-5,8-9,13,18H,2,6-7,10-11H2,1H3,(H,25,28)/t18-/m1/s1. The number of aromatic nitrogens is 3. The molecule has 8 heteroatoms. The van der Waals surface area contributed by atoms with Crippen molar-refractivity contribution in [3.63, 3.8) is 0 Å². The minimum absolute atomic E-state index is 0.131. The van der Waals surface area contributed by atoms with Gasteiger partial charge in [-0.2, -0.15) is 5.26 Å². The van der Waals surface area contributed by atoms with Crippen LogP contribution in [0.3, 0.4) is 0 Å². The van der Waals surface area contributed by atoms with Crippen LogP contribution >= 0.6 is 23.1 Å². The van der Waals surface area contributed by atoms with E-state index in [0.29, 0.717) is 27.8 Å². The molecule has 0 radical (unpaired) electrons. The summed E-state index contributed by atoms with van der Waals surface area (Å²) in [5.74, 6) is -0.131. The second kappa shape index (κ2) is 9.37. The number of hydrogen-bond donors (Lipinski definition) is 1. The number of rotatable bonds is 6. The molecule has 6 nitrogen and oxygen atoms in total. The molecule has 1 N–H and O–H groups in total. The van der Waals surface area contributed by atoms with Gasteiger partial charge in [0.15, 0.2) is 0 Å². The van der Waals surface area contributed by atoms with Crippen LogP contribution in [0.5, 0.6) is 0 Å². The number of nitrogens with one attached hydrogen (secondary N) is 1. The molecule has 2 heterocycles. The molecule has 152 valence electrons. The minimum Gasteiger partial charge on any atom is -0.316 e. The summed E-state index contributed by atoms with van der Waals surface area (Å²) in [5.41, 5.74) is 3.40. The second-order valence-corrected chi connectivity index (χ2v) is 9.30. The molecule has 30 heavy (non-hydrogen) atoms. The Morgan fingerprint density at radius 2 is 2.07 bits per heavy atom. The van der Waals surface area contributed by atoms with Gasteiger partial charge in [-0.05, 0) is 37.7 Å². The molecule has 0 saturated heterocycles. The highest BCUT2D eigenvalue weighted by Crippen LogP contribution is 2.38. The van der Waals surface area contributed by atoms with Gasteiger partial charge in [0.1, 0.15) is 16.8 Å². The van der Waals surface area contributed by atoms with Gasteiger partial charge in [0, 0.05) is 10.4 Å². The van der Waals surface area contributed by atoms with Crippen LogP contribution in [-0.4, -0.2) is 26.3 Å². The van der Waals surface area contributed by atoms with Gasteiger partial charge in [0.2, 0.25) is 11.1 Å². The van der Waals surface area contributed by atoms with E-state index >= 15 is 0 Å². The smallest absolute Gasteiger partial charge is 0.238 e. The van der Waals surface area contributed by atoms with Crippen LogP contribution in [0.2, 0.25) is 0 Å². The van der Waals surface area contributed by atoms with Gasteiger partial charge in [0.05, 0.1) is 17.0 Å². The fourth-order valence-corrected chi connectivity index (χ4v) is 5.51. The van der Waals surface area contributed by atoms with Gasteiger partial charge in [-0.25, -0.2) is 4.98 Å². The third-order valence-electron chi connectivity index (χ3n) is 5.04. The molecule has 0 fully saturated rings. The molecule has 0 unspecified atom stereocenters. The van der Waals surface area contributed by atoms with Crippen molar-refractivity contribution in [1.82, 2.24) is 15.2 Å². The van der Waals surface area contributed by atoms with E-state index in [-0.39, 0.29) is 11.2 Å². The first kappa shape index (κ1) is 20.5. The lowest BCUT2D eigenvalue weighted by Gasteiger charge is -2.13. The van der Waals surface area contributed by atoms with E-state index in [1.54, 1.807) is 17.5 Å². The number of benzene rings is 1. The molecule has 0 bridgehead atoms. The van der Waals surface area contributed by atoms with E-state index < -0.39 is 0 Å². The zero-order valence-corrected chi connectivity index (χ0v) is 18.2. The van der Waals surface area contributed by atoms with Crippen molar-refractivity contribution in [2.45, 2.75) is 49.4 Å². The van der Waals surface area contributed by atoms with Crippen molar-refractivity contribution in [2.75, 3.05) is 5.32 Å². The molecule has 1 aliphatic carbocycles. The van der Waals surface area contributed by atoms with E-state index in [2.05, 4.69) is 26.6 Å². The van der Waals surface area contributed by atoms with Gasteiger partial charge in [0.25, 0.3) is 0 Å². The number of thioether (sulfide) groups is 1. The topological polar surface area (TPSA) is 91.6 Å². The molecule has 0 saturated carbocycles. The Balaban J connectivity index is 1.46. The average molecular weight is 436 g/mol. The monoisotopic (exact) mass is 435 g/mol. The first-order chi connectivity index (χ1) is 14.7. The quantitative estimate of drug-likeness (QED) is 0.556. The number of aryl methyl sites for hydroxylation is 1. The van der Waals surface area contributed by atoms with Gasteiger partial charge in [-0.1, -0.05) is 49.0 Å². The van der Waals surface area contributed by atoms with Crippen molar-refractivity contribution in [2.24, 2.45) is 0 Å². The first-order valence-corrected chi connectivity index (χ1v) is 11.7. The Morgan fingerprint density at radius 1 is 1.27 bits per heavy atom. The SMILES string of the molecule is CC[C@@H](Sc1ncc(-c2ccccc2)nn1)C(=O)Nc1sc2c(c1C#N)CCCC2. The van der Waals surface area contributed by atoms with Crippen LogP contribution in [-0.2, 0) is 17.6 Å². The zero-order chi connectivity index (χ0) is 20.9. The summed E-state index contributed by atoms with van der Waals surface area (Å²) in [6.07, 6.45) is 6.45. The normalized spacial score (nSPS) is 13.9. The lowest BCUT2D eigenvalue weighted by atomic mass is 9.96. The van der Waals surface area contributed by atoms with E-state index in [9.17, 15) is 10.1 Å². The van der Waals surface area contributed by atoms with Gasteiger partial charge >= 0.3 is 0 Å². The van der Waals surface area contributed by atoms with E-state index in [1.807, 2.05) is 37.3 Å². The molecule has 4 rings (SSSR count). The summed E-state index contributed by atoms with van der Waals surface area (Å²) >= 11 is 2.83. The molecular formula is C22H21N5OS2. The molecule has 0 spiro atoms. The lowest BCUT2D eigenvalue weighted by molar-refractivity contribution is -0.115. The van der Waals surface area contributed by atoms with Crippen LogP contribution in [0.1, 0.15) is 42.2 Å². The second-order valence-electron chi connectivity index (χ2n) is 7.02. The first-order valence-electron chi connectivity index (χ1n) is 9.97. The largest absolute Gasteiger partial charge is 0.316 e. The number of fused-ring (bicyclic) bond motifs is 1. The van der Waals surface area contributed by atoms with Crippen LogP contribution < -0.4 is 5.32 Å². The summed E-state index contributed by atoms with van der Waals surface area (Å²) < 4.78 is 0. The van der Waals surface area contributed by atoms with E-state index in [1.165, 1.54) is 16.6 Å². The number of anilines is 1. The molecule has 1 amide bonds. The van der Waals surface area contributed by atoms with Crippen molar-refractivity contribution < 1.29 is 4.79 Å². The summed E-state index contributed by atoms with van der Waals surface area (Å²) in [4.78, 5) is 18.5. The molecule has 3 aromatic rings. The zero-order valence-electron chi connectivity index (χ0n) is 16.6. The number of carbonyl (C=O) groups is 1. The minimum atomic E-state index is -0.361. The van der Waals surface area contributed by atoms with E-state index in [0.717, 1.165) is 36.8 Å². The fraction of sp³-hybridized carbons (Fsp3) is 0.318. The number of amides is 1. The number of hydrogen-bond acceptors (Lipinski definition) is 7. The third-order valence-corrected chi connectivity index (χ3v) is 7.48. The predicted molar refractivity (Wildman–Crippen MR) is 120 cm³/mol. The van der Waals surface area contributed by atoms with Crippen molar-refractivity contribution in [1.29, 1.82) is 5.26 Å². The molecule has 0 aliphatic heterocycles. The van der Waals surface area contributed by atoms with Gasteiger partial charge in [-0.3, -0.25) is 4.79 Å². The Labute approximate surface area is 183 Å². The predicted octanol–water partition coefficient (Wildman–Crippen LogP) is 4.86.